The van der Waals surface area contributed by atoms with Gasteiger partial charge in [-0.15, -0.1) is 0 Å². The predicted molar refractivity (Wildman–Crippen MR) is 149 cm³/mol. The topological polar surface area (TPSA) is 273 Å². The van der Waals surface area contributed by atoms with Gasteiger partial charge in [-0.3, -0.25) is 23.7 Å². The van der Waals surface area contributed by atoms with E-state index in [1.807, 2.05) is 47.4 Å². The third-order valence-corrected chi connectivity index (χ3v) is 9.86. The lowest BCUT2D eigenvalue weighted by atomic mass is 10.0. The molecule has 5 atom stereocenters. The number of rotatable bonds is 12. The Hall–Kier alpha value is -3.08. The SMILES string of the molecule is O=C(NCc1ccc(-c2ccccc2)cc1)c1cn([C@H]2C[C@H](O)[C@@H](COP(=O)(O)OP(=O)(O)OP(=O)(O)O)O2)c(=O)[nH]c1=O. The van der Waals surface area contributed by atoms with Gasteiger partial charge < -0.3 is 34.7 Å². The summed E-state index contributed by atoms with van der Waals surface area (Å²) in [5.74, 6) is -0.824. The summed E-state index contributed by atoms with van der Waals surface area (Å²) in [6.07, 6.45) is -3.62. The van der Waals surface area contributed by atoms with Crippen molar-refractivity contribution in [3.05, 3.63) is 92.8 Å². The normalized spacial score (nSPS) is 21.3. The lowest BCUT2D eigenvalue weighted by molar-refractivity contribution is -0.0450. The Morgan fingerprint density at radius 3 is 2.23 bits per heavy atom. The molecule has 1 aliphatic rings. The van der Waals surface area contributed by atoms with Crippen molar-refractivity contribution in [2.24, 2.45) is 0 Å². The first kappa shape index (κ1) is 33.8. The van der Waals surface area contributed by atoms with E-state index in [9.17, 15) is 43.0 Å². The maximum Gasteiger partial charge on any atom is 0.490 e. The number of aromatic amines is 1. The van der Waals surface area contributed by atoms with Crippen LogP contribution in [0.4, 0.5) is 0 Å². The van der Waals surface area contributed by atoms with Crippen LogP contribution >= 0.6 is 23.5 Å². The highest BCUT2D eigenvalue weighted by Gasteiger charge is 2.43. The van der Waals surface area contributed by atoms with Gasteiger partial charge in [0.15, 0.2) is 0 Å². The molecule has 1 aromatic heterocycles. The molecule has 2 unspecified atom stereocenters. The van der Waals surface area contributed by atoms with Crippen molar-refractivity contribution >= 4 is 29.4 Å². The minimum absolute atomic E-state index is 0.0494. The highest BCUT2D eigenvalue weighted by atomic mass is 31.3. The first-order chi connectivity index (χ1) is 20.5. The number of amides is 1. The number of carbonyl (C=O) groups is 1. The highest BCUT2D eigenvalue weighted by Crippen LogP contribution is 2.66. The van der Waals surface area contributed by atoms with Gasteiger partial charge in [0.25, 0.3) is 11.5 Å². The zero-order valence-corrected chi connectivity index (χ0v) is 24.9. The van der Waals surface area contributed by atoms with Gasteiger partial charge in [-0.25, -0.2) is 18.5 Å². The Morgan fingerprint density at radius 1 is 0.955 bits per heavy atom. The smallest absolute Gasteiger partial charge is 0.390 e. The van der Waals surface area contributed by atoms with E-state index < -0.39 is 71.2 Å². The molecule has 1 saturated heterocycles. The zero-order valence-electron chi connectivity index (χ0n) is 22.2. The number of hydrogen-bond donors (Lipinski definition) is 7. The summed E-state index contributed by atoms with van der Waals surface area (Å²) in [5.41, 5.74) is 0.236. The molecule has 238 valence electrons. The third-order valence-electron chi connectivity index (χ3n) is 6.06. The number of H-pyrrole nitrogens is 1. The molecular weight excluding hydrogens is 651 g/mol. The van der Waals surface area contributed by atoms with Crippen LogP contribution in [-0.4, -0.2) is 59.0 Å². The van der Waals surface area contributed by atoms with Gasteiger partial charge in [-0.2, -0.15) is 8.62 Å². The molecule has 21 heteroatoms. The quantitative estimate of drug-likeness (QED) is 0.132. The number of benzene rings is 2. The molecule has 0 spiro atoms. The zero-order chi connectivity index (χ0) is 32.3. The second kappa shape index (κ2) is 13.5. The van der Waals surface area contributed by atoms with E-state index in [0.29, 0.717) is 0 Å². The van der Waals surface area contributed by atoms with Crippen molar-refractivity contribution in [1.82, 2.24) is 14.9 Å². The predicted octanol–water partition coefficient (Wildman–Crippen LogP) is 1.13. The molecule has 0 aliphatic carbocycles. The van der Waals surface area contributed by atoms with Crippen molar-refractivity contribution in [3.63, 3.8) is 0 Å². The standard InChI is InChI=1S/C23H26N3O15P3/c27-18-10-20(39-19(18)13-38-43(34,35)41-44(36,37)40-42(31,32)33)26-12-17(22(29)25-23(26)30)21(28)24-11-14-6-8-16(9-7-14)15-4-2-1-3-5-15/h1-9,12,18-20,27H,10-11,13H2,(H,24,28)(H,34,35)(H,36,37)(H,25,29,30)(H2,31,32,33)/t18-,19+,20+/m0/s1. The molecule has 0 radical (unpaired) electrons. The summed E-state index contributed by atoms with van der Waals surface area (Å²) in [7, 11) is -16.9. The van der Waals surface area contributed by atoms with Crippen LogP contribution in [0.2, 0.25) is 0 Å². The Bertz CT molecular complexity index is 1760. The van der Waals surface area contributed by atoms with Crippen molar-refractivity contribution in [2.45, 2.75) is 31.4 Å². The van der Waals surface area contributed by atoms with Crippen LogP contribution in [0.5, 0.6) is 0 Å². The summed E-state index contributed by atoms with van der Waals surface area (Å²) >= 11 is 0. The minimum Gasteiger partial charge on any atom is -0.390 e. The van der Waals surface area contributed by atoms with E-state index >= 15 is 0 Å². The van der Waals surface area contributed by atoms with Crippen molar-refractivity contribution in [1.29, 1.82) is 0 Å². The van der Waals surface area contributed by atoms with Crippen LogP contribution in [0.3, 0.4) is 0 Å². The average molecular weight is 677 g/mol. The Kier molecular flexibility index (Phi) is 10.4. The number of aliphatic hydroxyl groups excluding tert-OH is 1. The minimum atomic E-state index is -5.76. The van der Waals surface area contributed by atoms with Gasteiger partial charge in [0.2, 0.25) is 0 Å². The number of carbonyl (C=O) groups excluding carboxylic acids is 1. The fourth-order valence-electron chi connectivity index (χ4n) is 4.09. The number of aromatic nitrogens is 2. The average Bonchev–Trinajstić information content (AvgIpc) is 3.29. The van der Waals surface area contributed by atoms with E-state index in [1.165, 1.54) is 0 Å². The fourth-order valence-corrected chi connectivity index (χ4v) is 7.12. The molecule has 1 fully saturated rings. The molecule has 0 saturated carbocycles. The first-order valence-electron chi connectivity index (χ1n) is 12.4. The van der Waals surface area contributed by atoms with Crippen molar-refractivity contribution in [2.75, 3.05) is 6.61 Å². The molecule has 3 aromatic rings. The van der Waals surface area contributed by atoms with Gasteiger partial charge >= 0.3 is 29.2 Å². The van der Waals surface area contributed by atoms with Crippen LogP contribution in [0, 0.1) is 0 Å². The summed E-state index contributed by atoms with van der Waals surface area (Å²) in [6.45, 7) is -0.927. The molecular formula is C23H26N3O15P3. The Balaban J connectivity index is 1.38. The lowest BCUT2D eigenvalue weighted by Gasteiger charge is -2.19. The van der Waals surface area contributed by atoms with Crippen molar-refractivity contribution in [3.8, 4) is 11.1 Å². The lowest BCUT2D eigenvalue weighted by Crippen LogP contribution is -2.38. The summed E-state index contributed by atoms with van der Waals surface area (Å²) in [4.78, 5) is 75.7. The number of phosphoric acid groups is 3. The van der Waals surface area contributed by atoms with E-state index in [0.717, 1.165) is 27.5 Å². The van der Waals surface area contributed by atoms with Crippen LogP contribution in [0.25, 0.3) is 11.1 Å². The van der Waals surface area contributed by atoms with Gasteiger partial charge in [0.1, 0.15) is 17.9 Å². The van der Waals surface area contributed by atoms with E-state index in [-0.39, 0.29) is 13.0 Å². The second-order valence-corrected chi connectivity index (χ2v) is 13.7. The molecule has 18 nitrogen and oxygen atoms in total. The van der Waals surface area contributed by atoms with Gasteiger partial charge in [-0.05, 0) is 16.7 Å². The number of phosphoric ester groups is 1. The van der Waals surface area contributed by atoms with Gasteiger partial charge in [0, 0.05) is 19.2 Å². The van der Waals surface area contributed by atoms with Crippen LogP contribution in [0.15, 0.2) is 70.4 Å². The Labute approximate surface area is 247 Å². The second-order valence-electron chi connectivity index (χ2n) is 9.27. The molecule has 1 amide bonds. The molecule has 2 aromatic carbocycles. The molecule has 1 aliphatic heterocycles. The number of ether oxygens (including phenoxy) is 1. The summed E-state index contributed by atoms with van der Waals surface area (Å²) in [6, 6.07) is 16.9. The first-order valence-corrected chi connectivity index (χ1v) is 16.9. The number of nitrogens with zero attached hydrogens (tertiary/aromatic N) is 1. The van der Waals surface area contributed by atoms with Crippen LogP contribution in [-0.2, 0) is 38.1 Å². The number of aliphatic hydroxyl groups is 1. The van der Waals surface area contributed by atoms with Gasteiger partial charge in [0.05, 0.1) is 12.7 Å². The largest absolute Gasteiger partial charge is 0.490 e. The molecule has 0 bridgehead atoms. The fraction of sp³-hybridized carbons (Fsp3) is 0.261. The number of hydrogen-bond acceptors (Lipinski definition) is 11. The molecule has 2 heterocycles. The Morgan fingerprint density at radius 2 is 1.59 bits per heavy atom. The monoisotopic (exact) mass is 677 g/mol. The van der Waals surface area contributed by atoms with E-state index in [2.05, 4.69) is 18.5 Å². The van der Waals surface area contributed by atoms with Crippen LogP contribution < -0.4 is 16.6 Å². The maximum atomic E-state index is 12.8. The highest BCUT2D eigenvalue weighted by molar-refractivity contribution is 7.66. The van der Waals surface area contributed by atoms with Gasteiger partial charge in [-0.1, -0.05) is 54.6 Å². The molecule has 7 N–H and O–H groups in total. The van der Waals surface area contributed by atoms with E-state index in [1.54, 1.807) is 12.1 Å². The summed E-state index contributed by atoms with van der Waals surface area (Å²) in [5, 5.41) is 12.9. The third kappa shape index (κ3) is 9.22. The van der Waals surface area contributed by atoms with E-state index in [4.69, 9.17) is 14.5 Å². The summed E-state index contributed by atoms with van der Waals surface area (Å²) < 4.78 is 52.1. The van der Waals surface area contributed by atoms with Crippen molar-refractivity contribution < 1.29 is 61.1 Å². The number of nitrogens with one attached hydrogen (secondary N) is 2. The maximum absolute atomic E-state index is 12.8. The molecule has 4 rings (SSSR count). The molecule has 44 heavy (non-hydrogen) atoms. The van der Waals surface area contributed by atoms with Crippen LogP contribution in [0.1, 0.15) is 28.6 Å².